The summed E-state index contributed by atoms with van der Waals surface area (Å²) >= 11 is 5.83. The number of nitrogens with zero attached hydrogens (tertiary/aromatic N) is 2. The summed E-state index contributed by atoms with van der Waals surface area (Å²) in [5.74, 6) is 0.329. The van der Waals surface area contributed by atoms with Crippen molar-refractivity contribution in [2.75, 3.05) is 11.9 Å². The van der Waals surface area contributed by atoms with Crippen LogP contribution in [-0.2, 0) is 6.54 Å². The highest BCUT2D eigenvalue weighted by Gasteiger charge is 2.07. The molecule has 0 bridgehead atoms. The van der Waals surface area contributed by atoms with E-state index in [2.05, 4.69) is 27.2 Å². The van der Waals surface area contributed by atoms with Crippen LogP contribution < -0.4 is 10.6 Å². The fourth-order valence-electron chi connectivity index (χ4n) is 1.63. The van der Waals surface area contributed by atoms with Crippen molar-refractivity contribution in [3.63, 3.8) is 0 Å². The van der Waals surface area contributed by atoms with Crippen LogP contribution in [0.4, 0.5) is 5.82 Å². The Labute approximate surface area is 128 Å². The summed E-state index contributed by atoms with van der Waals surface area (Å²) in [6, 6.07) is 9.11. The monoisotopic (exact) mass is 302 g/mol. The number of halogens is 1. The van der Waals surface area contributed by atoms with Crippen molar-refractivity contribution in [2.24, 2.45) is 0 Å². The third-order valence-electron chi connectivity index (χ3n) is 2.69. The molecule has 1 aromatic heterocycles. The molecule has 1 heterocycles. The van der Waals surface area contributed by atoms with Gasteiger partial charge in [0.15, 0.2) is 0 Å². The highest BCUT2D eigenvalue weighted by atomic mass is 35.5. The first kappa shape index (κ1) is 15.0. The summed E-state index contributed by atoms with van der Waals surface area (Å²) in [6.07, 6.45) is 2.96. The highest BCUT2D eigenvalue weighted by molar-refractivity contribution is 6.30. The van der Waals surface area contributed by atoms with Crippen LogP contribution in [-0.4, -0.2) is 22.4 Å². The summed E-state index contributed by atoms with van der Waals surface area (Å²) in [5.41, 5.74) is 1.38. The third kappa shape index (κ3) is 4.57. The van der Waals surface area contributed by atoms with Gasteiger partial charge in [-0.2, -0.15) is 0 Å². The quantitative estimate of drug-likeness (QED) is 0.805. The Bertz CT molecular complexity index is 628. The zero-order valence-corrected chi connectivity index (χ0v) is 12.1. The molecule has 0 saturated heterocycles. The van der Waals surface area contributed by atoms with Gasteiger partial charge in [-0.15, -0.1) is 6.58 Å². The molecule has 6 heteroatoms. The molecule has 0 unspecified atom stereocenters. The van der Waals surface area contributed by atoms with E-state index in [-0.39, 0.29) is 5.91 Å². The molecule has 0 aliphatic carbocycles. The molecule has 2 aromatic rings. The minimum atomic E-state index is -0.258. The lowest BCUT2D eigenvalue weighted by Crippen LogP contribution is -2.24. The lowest BCUT2D eigenvalue weighted by atomic mass is 10.2. The Balaban J connectivity index is 1.99. The fraction of sp³-hybridized carbons (Fsp3) is 0.133. The predicted octanol–water partition coefficient (Wildman–Crippen LogP) is 2.66. The van der Waals surface area contributed by atoms with E-state index in [4.69, 9.17) is 11.6 Å². The van der Waals surface area contributed by atoms with Crippen LogP contribution in [0.5, 0.6) is 0 Å². The Morgan fingerprint density at radius 1 is 1.29 bits per heavy atom. The van der Waals surface area contributed by atoms with Crippen molar-refractivity contribution in [3.05, 3.63) is 65.6 Å². The maximum atomic E-state index is 11.8. The van der Waals surface area contributed by atoms with Crippen molar-refractivity contribution in [2.45, 2.75) is 6.54 Å². The molecule has 0 fully saturated rings. The van der Waals surface area contributed by atoms with E-state index in [0.717, 1.165) is 5.56 Å². The molecule has 0 spiro atoms. The van der Waals surface area contributed by atoms with Crippen molar-refractivity contribution in [3.8, 4) is 0 Å². The number of carbonyl (C=O) groups excluding carboxylic acids is 1. The zero-order valence-electron chi connectivity index (χ0n) is 11.3. The van der Waals surface area contributed by atoms with Crippen LogP contribution in [0, 0.1) is 0 Å². The molecule has 1 amide bonds. The largest absolute Gasteiger partial charge is 0.366 e. The van der Waals surface area contributed by atoms with Crippen LogP contribution in [0.2, 0.25) is 5.02 Å². The van der Waals surface area contributed by atoms with Gasteiger partial charge in [-0.3, -0.25) is 4.79 Å². The predicted molar refractivity (Wildman–Crippen MR) is 83.3 cm³/mol. The number of nitrogens with one attached hydrogen (secondary N) is 2. The molecule has 0 aliphatic rings. The van der Waals surface area contributed by atoms with Crippen LogP contribution in [0.1, 0.15) is 16.1 Å². The van der Waals surface area contributed by atoms with Gasteiger partial charge in [0.25, 0.3) is 5.91 Å². The lowest BCUT2D eigenvalue weighted by Gasteiger charge is -2.07. The SMILES string of the molecule is C=CCNC(=O)c1cc(NCc2ccc(Cl)cc2)ncn1. The molecule has 0 saturated carbocycles. The minimum absolute atomic E-state index is 0.258. The number of hydrogen-bond acceptors (Lipinski definition) is 4. The third-order valence-corrected chi connectivity index (χ3v) is 2.95. The van der Waals surface area contributed by atoms with Crippen LogP contribution in [0.15, 0.2) is 49.3 Å². The van der Waals surface area contributed by atoms with E-state index in [1.807, 2.05) is 24.3 Å². The van der Waals surface area contributed by atoms with Crippen LogP contribution in [0.25, 0.3) is 0 Å². The number of aromatic nitrogens is 2. The van der Waals surface area contributed by atoms with Gasteiger partial charge in [-0.1, -0.05) is 29.8 Å². The summed E-state index contributed by atoms with van der Waals surface area (Å²) < 4.78 is 0. The first-order valence-electron chi connectivity index (χ1n) is 6.38. The normalized spacial score (nSPS) is 9.95. The lowest BCUT2D eigenvalue weighted by molar-refractivity contribution is 0.0953. The summed E-state index contributed by atoms with van der Waals surface area (Å²) in [7, 11) is 0. The number of carbonyl (C=O) groups is 1. The number of hydrogen-bond donors (Lipinski definition) is 2. The molecule has 0 atom stereocenters. The maximum absolute atomic E-state index is 11.8. The van der Waals surface area contributed by atoms with Crippen LogP contribution >= 0.6 is 11.6 Å². The second-order valence-electron chi connectivity index (χ2n) is 4.27. The van der Waals surface area contributed by atoms with Gasteiger partial charge >= 0.3 is 0 Å². The molecule has 2 rings (SSSR count). The van der Waals surface area contributed by atoms with Gasteiger partial charge in [0.1, 0.15) is 17.8 Å². The summed E-state index contributed by atoms with van der Waals surface area (Å²) in [5, 5.41) is 6.50. The molecule has 21 heavy (non-hydrogen) atoms. The van der Waals surface area contributed by atoms with Crippen molar-refractivity contribution in [1.29, 1.82) is 0 Å². The molecule has 0 aliphatic heterocycles. The smallest absolute Gasteiger partial charge is 0.270 e. The Morgan fingerprint density at radius 3 is 2.76 bits per heavy atom. The molecular weight excluding hydrogens is 288 g/mol. The Morgan fingerprint density at radius 2 is 2.05 bits per heavy atom. The van der Waals surface area contributed by atoms with E-state index in [1.165, 1.54) is 6.33 Å². The molecule has 2 N–H and O–H groups in total. The number of rotatable bonds is 6. The highest BCUT2D eigenvalue weighted by Crippen LogP contribution is 2.11. The number of benzene rings is 1. The topological polar surface area (TPSA) is 66.9 Å². The second-order valence-corrected chi connectivity index (χ2v) is 4.70. The molecular formula is C15H15ClN4O. The van der Waals surface area contributed by atoms with Gasteiger partial charge in [-0.25, -0.2) is 9.97 Å². The minimum Gasteiger partial charge on any atom is -0.366 e. The van der Waals surface area contributed by atoms with Crippen molar-refractivity contribution < 1.29 is 4.79 Å². The van der Waals surface area contributed by atoms with E-state index in [9.17, 15) is 4.79 Å². The first-order chi connectivity index (χ1) is 10.2. The van der Waals surface area contributed by atoms with Crippen molar-refractivity contribution in [1.82, 2.24) is 15.3 Å². The van der Waals surface area contributed by atoms with Gasteiger partial charge in [0.05, 0.1) is 0 Å². The average molecular weight is 303 g/mol. The maximum Gasteiger partial charge on any atom is 0.270 e. The fourth-order valence-corrected chi connectivity index (χ4v) is 1.75. The van der Waals surface area contributed by atoms with Crippen LogP contribution in [0.3, 0.4) is 0 Å². The van der Waals surface area contributed by atoms with Crippen molar-refractivity contribution >= 4 is 23.3 Å². The Kier molecular flexibility index (Phi) is 5.29. The van der Waals surface area contributed by atoms with Gasteiger partial charge in [0, 0.05) is 24.2 Å². The van der Waals surface area contributed by atoms with Gasteiger partial charge in [0.2, 0.25) is 0 Å². The first-order valence-corrected chi connectivity index (χ1v) is 6.76. The van der Waals surface area contributed by atoms with E-state index in [0.29, 0.717) is 29.6 Å². The van der Waals surface area contributed by atoms with E-state index >= 15 is 0 Å². The number of amides is 1. The van der Waals surface area contributed by atoms with E-state index in [1.54, 1.807) is 12.1 Å². The van der Waals surface area contributed by atoms with Gasteiger partial charge in [-0.05, 0) is 17.7 Å². The number of anilines is 1. The molecule has 108 valence electrons. The summed E-state index contributed by atoms with van der Waals surface area (Å²) in [6.45, 7) is 4.53. The Hall–Kier alpha value is -2.40. The van der Waals surface area contributed by atoms with E-state index < -0.39 is 0 Å². The summed E-state index contributed by atoms with van der Waals surface area (Å²) in [4.78, 5) is 19.8. The zero-order chi connectivity index (χ0) is 15.1. The standard InChI is InChI=1S/C15H15ClN4O/c1-2-7-17-15(21)13-8-14(20-10-19-13)18-9-11-3-5-12(16)6-4-11/h2-6,8,10H,1,7,9H2,(H,17,21)(H,18,19,20). The average Bonchev–Trinajstić information content (AvgIpc) is 2.52. The molecule has 5 nitrogen and oxygen atoms in total. The second kappa shape index (κ2) is 7.40. The molecule has 1 aromatic carbocycles. The molecule has 0 radical (unpaired) electrons. The van der Waals surface area contributed by atoms with Gasteiger partial charge < -0.3 is 10.6 Å².